The number of benzene rings is 3. The highest BCUT2D eigenvalue weighted by atomic mass is 16.2. The summed E-state index contributed by atoms with van der Waals surface area (Å²) in [5, 5.41) is 15.0. The molecule has 1 saturated heterocycles. The first-order chi connectivity index (χ1) is 29.7. The van der Waals surface area contributed by atoms with Crippen molar-refractivity contribution in [3.63, 3.8) is 0 Å². The van der Waals surface area contributed by atoms with Gasteiger partial charge in [-0.25, -0.2) is 0 Å². The summed E-state index contributed by atoms with van der Waals surface area (Å²) >= 11 is 0. The number of hydrogen-bond donors (Lipinski definition) is 5. The van der Waals surface area contributed by atoms with Crippen molar-refractivity contribution in [3.05, 3.63) is 107 Å². The zero-order chi connectivity index (χ0) is 43.1. The molecule has 326 valence electrons. The number of nitrogens with zero attached hydrogens (tertiary/aromatic N) is 1. The van der Waals surface area contributed by atoms with E-state index in [9.17, 15) is 28.8 Å². The smallest absolute Gasteiger partial charge is 0.253 e. The van der Waals surface area contributed by atoms with Crippen molar-refractivity contribution in [1.29, 1.82) is 0 Å². The van der Waals surface area contributed by atoms with Gasteiger partial charge < -0.3 is 31.5 Å². The van der Waals surface area contributed by atoms with Crippen LogP contribution in [0, 0.1) is 11.8 Å². The van der Waals surface area contributed by atoms with Gasteiger partial charge in [0.1, 0.15) is 6.04 Å². The van der Waals surface area contributed by atoms with Crippen molar-refractivity contribution in [2.45, 2.75) is 121 Å². The molecule has 5 N–H and O–H groups in total. The van der Waals surface area contributed by atoms with E-state index >= 15 is 0 Å². The fourth-order valence-corrected chi connectivity index (χ4v) is 8.43. The Hall–Kier alpha value is -5.52. The molecule has 2 saturated carbocycles. The lowest BCUT2D eigenvalue weighted by atomic mass is 9.94. The van der Waals surface area contributed by atoms with Crippen LogP contribution in [0.3, 0.4) is 0 Å². The van der Waals surface area contributed by atoms with Crippen LogP contribution >= 0.6 is 0 Å². The van der Waals surface area contributed by atoms with E-state index in [2.05, 4.69) is 64.7 Å². The summed E-state index contributed by atoms with van der Waals surface area (Å²) in [4.78, 5) is 82.4. The minimum atomic E-state index is -0.867. The van der Waals surface area contributed by atoms with Crippen LogP contribution in [-0.2, 0) is 19.2 Å². The first kappa shape index (κ1) is 45.0. The molecule has 0 radical (unpaired) electrons. The lowest BCUT2D eigenvalue weighted by molar-refractivity contribution is -0.133. The van der Waals surface area contributed by atoms with Crippen LogP contribution in [0.1, 0.15) is 135 Å². The number of nitrogens with one attached hydrogen (secondary N) is 5. The van der Waals surface area contributed by atoms with Gasteiger partial charge in [-0.15, -0.1) is 0 Å². The van der Waals surface area contributed by atoms with E-state index in [0.717, 1.165) is 75.3 Å². The van der Waals surface area contributed by atoms with Crippen LogP contribution in [-0.4, -0.2) is 84.6 Å². The zero-order valence-electron chi connectivity index (χ0n) is 35.8. The second-order valence-electron chi connectivity index (χ2n) is 17.1. The average Bonchev–Trinajstić information content (AvgIpc) is 4.19. The molecule has 0 unspecified atom stereocenters. The Morgan fingerprint density at radius 3 is 1.67 bits per heavy atom. The third-order valence-electron chi connectivity index (χ3n) is 12.3. The third-order valence-corrected chi connectivity index (χ3v) is 12.3. The Kier molecular flexibility index (Phi) is 16.5. The first-order valence-electron chi connectivity index (χ1n) is 22.6. The van der Waals surface area contributed by atoms with Crippen molar-refractivity contribution < 1.29 is 28.8 Å². The number of rotatable bonds is 23. The van der Waals surface area contributed by atoms with E-state index in [1.807, 2.05) is 36.4 Å². The summed E-state index contributed by atoms with van der Waals surface area (Å²) in [6.07, 6.45) is 10.3. The summed E-state index contributed by atoms with van der Waals surface area (Å²) in [5.41, 5.74) is 2.91. The van der Waals surface area contributed by atoms with Crippen LogP contribution in [0.4, 0.5) is 0 Å². The maximum Gasteiger partial charge on any atom is 0.253 e. The van der Waals surface area contributed by atoms with E-state index in [4.69, 9.17) is 0 Å². The molecule has 61 heavy (non-hydrogen) atoms. The van der Waals surface area contributed by atoms with Crippen LogP contribution in [0.5, 0.6) is 0 Å². The Morgan fingerprint density at radius 2 is 1.13 bits per heavy atom. The van der Waals surface area contributed by atoms with E-state index in [1.165, 1.54) is 0 Å². The Morgan fingerprint density at radius 1 is 0.607 bits per heavy atom. The molecule has 2 aliphatic carbocycles. The van der Waals surface area contributed by atoms with Gasteiger partial charge in [0.05, 0.1) is 11.8 Å². The first-order valence-corrected chi connectivity index (χ1v) is 22.6. The van der Waals surface area contributed by atoms with Crippen molar-refractivity contribution in [3.8, 4) is 0 Å². The normalized spacial score (nSPS) is 21.8. The number of carbonyl (C=O) groups is 6. The van der Waals surface area contributed by atoms with Gasteiger partial charge in [-0.3, -0.25) is 28.8 Å². The molecule has 3 fully saturated rings. The molecule has 0 bridgehead atoms. The van der Waals surface area contributed by atoms with E-state index in [1.54, 1.807) is 29.2 Å². The second-order valence-corrected chi connectivity index (χ2v) is 17.1. The molecule has 6 rings (SSSR count). The average molecular weight is 833 g/mol. The van der Waals surface area contributed by atoms with E-state index in [0.29, 0.717) is 18.5 Å². The summed E-state index contributed by atoms with van der Waals surface area (Å²) in [6.45, 7) is 5.16. The minimum Gasteiger partial charge on any atom is -0.356 e. The molecule has 12 heteroatoms. The maximum absolute atomic E-state index is 14.0. The number of likely N-dealkylation sites (tertiary alicyclic amines) is 1. The van der Waals surface area contributed by atoms with Crippen LogP contribution in [0.2, 0.25) is 0 Å². The van der Waals surface area contributed by atoms with Gasteiger partial charge in [-0.05, 0) is 67.5 Å². The maximum atomic E-state index is 14.0. The fraction of sp³-hybridized carbons (Fsp3) is 0.510. The summed E-state index contributed by atoms with van der Waals surface area (Å²) in [6, 6.07) is 25.4. The van der Waals surface area contributed by atoms with Gasteiger partial charge in [0, 0.05) is 67.6 Å². The van der Waals surface area contributed by atoms with Gasteiger partial charge in [0.2, 0.25) is 23.6 Å². The van der Waals surface area contributed by atoms with Crippen molar-refractivity contribution in [2.75, 3.05) is 26.2 Å². The molecule has 3 aromatic rings. The number of unbranched alkanes of at least 4 members (excludes halogenated alkanes) is 6. The molecular formula is C49H64N6O6. The molecule has 3 aliphatic rings. The molecule has 0 spiro atoms. The van der Waals surface area contributed by atoms with E-state index < -0.39 is 23.8 Å². The summed E-state index contributed by atoms with van der Waals surface area (Å²) in [7, 11) is 0. The largest absolute Gasteiger partial charge is 0.356 e. The molecule has 1 aliphatic heterocycles. The Balaban J connectivity index is 1.07. The highest BCUT2D eigenvalue weighted by Gasteiger charge is 2.49. The SMILES string of the molecule is CCCCCCNC(=O)[C@@H](CCNC(=O)CCCCCC)NC(=O)c1ccc(C(=O)N2C[C@@H](C(=O)N[C@H]3C[C@@H]3c3ccccc3)[C@H](C(=O)N[C@H]3C[C@@H]3c3ccccc3)C2)cc1. The van der Waals surface area contributed by atoms with Gasteiger partial charge >= 0.3 is 0 Å². The summed E-state index contributed by atoms with van der Waals surface area (Å²) < 4.78 is 0. The molecular weight excluding hydrogens is 769 g/mol. The topological polar surface area (TPSA) is 166 Å². The predicted molar refractivity (Wildman–Crippen MR) is 236 cm³/mol. The number of carbonyl (C=O) groups excluding carboxylic acids is 6. The zero-order valence-corrected chi connectivity index (χ0v) is 35.8. The van der Waals surface area contributed by atoms with Crippen molar-refractivity contribution >= 4 is 35.4 Å². The standard InChI is InChI=1S/C49H64N6O6/c1-3-5-7-15-21-44(56)50-28-26-41(48(60)51-27-16-8-6-4-2)52-45(57)35-22-24-36(25-23-35)49(61)55-31-39(46(58)53-42-29-37(42)33-17-11-9-12-18-33)40(32-55)47(59)54-43-30-38(43)34-19-13-10-14-20-34/h9-14,17-20,22-25,37-43H,3-8,15-16,21,26-32H2,1-2H3,(H,50,56)(H,51,60)(H,52,57)(H,53,58)(H,54,59)/t37-,38-,39-,40-,41-,42+,43+/m1/s1. The molecule has 7 atom stereocenters. The van der Waals surface area contributed by atoms with Gasteiger partial charge in [0.25, 0.3) is 11.8 Å². The summed E-state index contributed by atoms with van der Waals surface area (Å²) in [5.74, 6) is -2.66. The molecule has 1 heterocycles. The molecule has 3 aromatic carbocycles. The Bertz CT molecular complexity index is 1870. The van der Waals surface area contributed by atoms with Crippen LogP contribution in [0.25, 0.3) is 0 Å². The van der Waals surface area contributed by atoms with Gasteiger partial charge in [0.15, 0.2) is 0 Å². The number of hydrogen-bond acceptors (Lipinski definition) is 6. The van der Waals surface area contributed by atoms with Gasteiger partial charge in [-0.1, -0.05) is 113 Å². The van der Waals surface area contributed by atoms with Crippen molar-refractivity contribution in [2.24, 2.45) is 11.8 Å². The van der Waals surface area contributed by atoms with Crippen LogP contribution in [0.15, 0.2) is 84.9 Å². The lowest BCUT2D eigenvalue weighted by Gasteiger charge is -2.19. The molecule has 6 amide bonds. The second kappa shape index (κ2) is 22.4. The van der Waals surface area contributed by atoms with Gasteiger partial charge in [-0.2, -0.15) is 0 Å². The predicted octanol–water partition coefficient (Wildman–Crippen LogP) is 5.99. The lowest BCUT2D eigenvalue weighted by Crippen LogP contribution is -2.48. The van der Waals surface area contributed by atoms with Crippen molar-refractivity contribution in [1.82, 2.24) is 31.5 Å². The molecule has 12 nitrogen and oxygen atoms in total. The fourth-order valence-electron chi connectivity index (χ4n) is 8.43. The highest BCUT2D eigenvalue weighted by molar-refractivity contribution is 6.00. The number of amides is 6. The quantitative estimate of drug-likeness (QED) is 0.0737. The monoisotopic (exact) mass is 832 g/mol. The third kappa shape index (κ3) is 13.0. The minimum absolute atomic E-state index is 0.0245. The van der Waals surface area contributed by atoms with E-state index in [-0.39, 0.29) is 85.1 Å². The van der Waals surface area contributed by atoms with Crippen LogP contribution < -0.4 is 26.6 Å². The molecule has 0 aromatic heterocycles. The Labute approximate surface area is 360 Å². The highest BCUT2D eigenvalue weighted by Crippen LogP contribution is 2.42.